The molecule has 0 bridgehead atoms. The third kappa shape index (κ3) is 4.90. The Bertz CT molecular complexity index is 1260. The maximum Gasteiger partial charge on any atom is 0.317 e. The highest BCUT2D eigenvalue weighted by molar-refractivity contribution is 6.30. The van der Waals surface area contributed by atoms with E-state index in [1.165, 1.54) is 10.6 Å². The molecule has 0 saturated carbocycles. The number of nitrogens with two attached hydrogens (primary N) is 1. The number of ether oxygens (including phenoxy) is 2. The van der Waals surface area contributed by atoms with Crippen LogP contribution in [0.15, 0.2) is 53.5 Å². The molecule has 1 aliphatic heterocycles. The van der Waals surface area contributed by atoms with E-state index in [-0.39, 0.29) is 31.3 Å². The molecule has 9 heteroatoms. The van der Waals surface area contributed by atoms with Crippen LogP contribution in [0.3, 0.4) is 0 Å². The van der Waals surface area contributed by atoms with Gasteiger partial charge in [-0.1, -0.05) is 11.6 Å². The van der Waals surface area contributed by atoms with E-state index < -0.39 is 0 Å². The van der Waals surface area contributed by atoms with E-state index in [4.69, 9.17) is 26.8 Å². The number of aryl methyl sites for hydroxylation is 1. The highest BCUT2D eigenvalue weighted by Gasteiger charge is 2.21. The number of anilines is 1. The van der Waals surface area contributed by atoms with Crippen LogP contribution in [0, 0.1) is 0 Å². The van der Waals surface area contributed by atoms with E-state index in [9.17, 15) is 9.59 Å². The van der Waals surface area contributed by atoms with Gasteiger partial charge in [-0.05, 0) is 43.3 Å². The summed E-state index contributed by atoms with van der Waals surface area (Å²) in [6.45, 7) is 3.08. The van der Waals surface area contributed by atoms with Gasteiger partial charge in [0.1, 0.15) is 23.9 Å². The summed E-state index contributed by atoms with van der Waals surface area (Å²) in [4.78, 5) is 26.7. The second-order valence-electron chi connectivity index (χ2n) is 7.72. The van der Waals surface area contributed by atoms with Gasteiger partial charge in [0.15, 0.2) is 0 Å². The van der Waals surface area contributed by atoms with E-state index in [1.807, 2.05) is 6.92 Å². The molecule has 0 unspecified atom stereocenters. The first-order chi connectivity index (χ1) is 15.9. The van der Waals surface area contributed by atoms with Crippen molar-refractivity contribution in [2.75, 3.05) is 25.4 Å². The smallest absolute Gasteiger partial charge is 0.317 e. The summed E-state index contributed by atoms with van der Waals surface area (Å²) in [7, 11) is 1.67. The molecule has 2 heterocycles. The van der Waals surface area contributed by atoms with Crippen molar-refractivity contribution in [1.82, 2.24) is 14.8 Å². The number of hydrogen-bond acceptors (Lipinski definition) is 5. The number of fused-ring (bicyclic) bond motifs is 4. The normalized spacial score (nSPS) is 13.2. The summed E-state index contributed by atoms with van der Waals surface area (Å²) in [6.07, 6.45) is 1.69. The lowest BCUT2D eigenvalue weighted by atomic mass is 10.0. The first-order valence-corrected chi connectivity index (χ1v) is 11.0. The van der Waals surface area contributed by atoms with Crippen LogP contribution < -0.4 is 26.1 Å². The lowest BCUT2D eigenvalue weighted by molar-refractivity contribution is 0.179. The van der Waals surface area contributed by atoms with E-state index in [1.54, 1.807) is 54.5 Å². The van der Waals surface area contributed by atoms with Gasteiger partial charge in [-0.2, -0.15) is 0 Å². The molecule has 4 rings (SSSR count). The lowest BCUT2D eigenvalue weighted by Gasteiger charge is -2.26. The largest absolute Gasteiger partial charge is 0.491 e. The first-order valence-electron chi connectivity index (χ1n) is 10.6. The Balaban J connectivity index is 1.89. The number of rotatable bonds is 1. The minimum atomic E-state index is -0.235. The average molecular weight is 469 g/mol. The van der Waals surface area contributed by atoms with E-state index >= 15 is 0 Å². The first kappa shape index (κ1) is 22.5. The zero-order valence-corrected chi connectivity index (χ0v) is 19.2. The van der Waals surface area contributed by atoms with Crippen molar-refractivity contribution in [3.05, 3.63) is 69.6 Å². The topological polar surface area (TPSA) is 98.8 Å². The number of hydrogen-bond donors (Lipinski definition) is 2. The highest BCUT2D eigenvalue weighted by Crippen LogP contribution is 2.40. The molecule has 1 aromatic heterocycles. The van der Waals surface area contributed by atoms with Crippen LogP contribution in [-0.2, 0) is 13.6 Å². The van der Waals surface area contributed by atoms with Crippen LogP contribution in [0.5, 0.6) is 17.2 Å². The van der Waals surface area contributed by atoms with Gasteiger partial charge >= 0.3 is 6.03 Å². The maximum atomic E-state index is 12.7. The number of aromatic nitrogens is 1. The molecule has 0 saturated heterocycles. The summed E-state index contributed by atoms with van der Waals surface area (Å²) in [5.74, 6) is 1.48. The zero-order valence-electron chi connectivity index (χ0n) is 18.4. The predicted octanol–water partition coefficient (Wildman–Crippen LogP) is 4.00. The molecular weight excluding hydrogens is 444 g/mol. The Labute approximate surface area is 196 Å². The van der Waals surface area contributed by atoms with E-state index in [2.05, 4.69) is 5.32 Å². The lowest BCUT2D eigenvalue weighted by Crippen LogP contribution is -2.41. The van der Waals surface area contributed by atoms with E-state index in [0.29, 0.717) is 45.6 Å². The Kier molecular flexibility index (Phi) is 6.46. The van der Waals surface area contributed by atoms with Crippen molar-refractivity contribution in [3.8, 4) is 28.4 Å². The number of nitrogen functional groups attached to an aromatic ring is 1. The van der Waals surface area contributed by atoms with E-state index in [0.717, 1.165) is 5.56 Å². The number of nitrogens with zero attached hydrogens (tertiary/aromatic N) is 2. The maximum absolute atomic E-state index is 12.7. The summed E-state index contributed by atoms with van der Waals surface area (Å²) < 4.78 is 13.8. The molecule has 2 amide bonds. The molecule has 1 aliphatic rings. The Morgan fingerprint density at radius 2 is 1.91 bits per heavy atom. The Hall–Kier alpha value is -3.65. The molecule has 3 aromatic rings. The van der Waals surface area contributed by atoms with Gasteiger partial charge in [-0.3, -0.25) is 4.79 Å². The second-order valence-corrected chi connectivity index (χ2v) is 8.15. The predicted molar refractivity (Wildman–Crippen MR) is 128 cm³/mol. The fraction of sp³-hybridized carbons (Fsp3) is 0.250. The number of pyridine rings is 1. The number of amides is 2. The van der Waals surface area contributed by atoms with Crippen LogP contribution in [0.2, 0.25) is 5.02 Å². The van der Waals surface area contributed by atoms with Gasteiger partial charge in [0, 0.05) is 53.3 Å². The Morgan fingerprint density at radius 3 is 2.70 bits per heavy atom. The number of carbonyl (C=O) groups is 1. The minimum absolute atomic E-state index is 0.186. The fourth-order valence-electron chi connectivity index (χ4n) is 3.66. The highest BCUT2D eigenvalue weighted by atomic mass is 35.5. The molecular formula is C24H25ClN4O4. The minimum Gasteiger partial charge on any atom is -0.491 e. The van der Waals surface area contributed by atoms with Gasteiger partial charge in [-0.15, -0.1) is 0 Å². The number of urea groups is 1. The van der Waals surface area contributed by atoms with Crippen molar-refractivity contribution in [2.24, 2.45) is 7.05 Å². The Morgan fingerprint density at radius 1 is 1.12 bits per heavy atom. The quantitative estimate of drug-likeness (QED) is 0.526. The van der Waals surface area contributed by atoms with Crippen LogP contribution in [-0.4, -0.2) is 35.2 Å². The molecule has 0 spiro atoms. The van der Waals surface area contributed by atoms with Crippen molar-refractivity contribution < 1.29 is 14.3 Å². The number of carbonyl (C=O) groups excluding carboxylic acids is 1. The molecule has 0 atom stereocenters. The fourth-order valence-corrected chi connectivity index (χ4v) is 3.85. The molecule has 2 aromatic carbocycles. The summed E-state index contributed by atoms with van der Waals surface area (Å²) >= 11 is 6.26. The molecule has 8 nitrogen and oxygen atoms in total. The van der Waals surface area contributed by atoms with Gasteiger partial charge in [-0.25, -0.2) is 4.79 Å². The van der Waals surface area contributed by atoms with Crippen molar-refractivity contribution >= 4 is 23.3 Å². The third-order valence-corrected chi connectivity index (χ3v) is 5.56. The molecule has 0 radical (unpaired) electrons. The van der Waals surface area contributed by atoms with Crippen molar-refractivity contribution in [1.29, 1.82) is 0 Å². The van der Waals surface area contributed by atoms with Gasteiger partial charge in [0.05, 0.1) is 13.1 Å². The SMILES string of the molecule is CCNC(=O)N1CCOc2cc(=O)n(C)cc2-c2cc(N)ccc2Oc2ccc(Cl)cc2C1. The monoisotopic (exact) mass is 468 g/mol. The molecule has 0 aliphatic carbocycles. The third-order valence-electron chi connectivity index (χ3n) is 5.32. The molecule has 0 fully saturated rings. The standard InChI is InChI=1S/C24H25ClN4O4/c1-3-27-24(31)29-8-9-32-22-12-23(30)28(2)14-19(22)18-11-17(26)5-7-21(18)33-20-6-4-16(25)10-15(20)13-29/h4-7,10-12,14H,3,8-9,13,26H2,1-2H3,(H,27,31). The van der Waals surface area contributed by atoms with Crippen LogP contribution >= 0.6 is 11.6 Å². The van der Waals surface area contributed by atoms with Crippen molar-refractivity contribution in [2.45, 2.75) is 13.5 Å². The molecule has 33 heavy (non-hydrogen) atoms. The number of benzene rings is 2. The summed E-state index contributed by atoms with van der Waals surface area (Å²) in [6, 6.07) is 11.8. The van der Waals surface area contributed by atoms with Crippen LogP contribution in [0.4, 0.5) is 10.5 Å². The molecule has 172 valence electrons. The molecule has 3 N–H and O–H groups in total. The zero-order chi connectivity index (χ0) is 23.5. The van der Waals surface area contributed by atoms with Crippen molar-refractivity contribution in [3.63, 3.8) is 0 Å². The summed E-state index contributed by atoms with van der Waals surface area (Å²) in [5.41, 5.74) is 8.50. The number of halogens is 1. The van der Waals surface area contributed by atoms with Crippen LogP contribution in [0.1, 0.15) is 12.5 Å². The number of nitrogens with one attached hydrogen (secondary N) is 1. The summed E-state index contributed by atoms with van der Waals surface area (Å²) in [5, 5.41) is 3.36. The van der Waals surface area contributed by atoms with Gasteiger partial charge < -0.3 is 30.0 Å². The van der Waals surface area contributed by atoms with Crippen LogP contribution in [0.25, 0.3) is 11.1 Å². The second kappa shape index (κ2) is 9.46. The van der Waals surface area contributed by atoms with Gasteiger partial charge in [0.25, 0.3) is 5.56 Å². The average Bonchev–Trinajstić information content (AvgIpc) is 2.77. The van der Waals surface area contributed by atoms with Gasteiger partial charge in [0.2, 0.25) is 0 Å².